The van der Waals surface area contributed by atoms with E-state index in [9.17, 15) is 0 Å². The number of anilines is 4. The summed E-state index contributed by atoms with van der Waals surface area (Å²) in [5.41, 5.74) is 2.51. The van der Waals surface area contributed by atoms with Crippen molar-refractivity contribution in [1.29, 1.82) is 0 Å². The Labute approximate surface area is 145 Å². The molecule has 0 aliphatic carbocycles. The fraction of sp³-hybridized carbons (Fsp3) is 0.111. The lowest BCUT2D eigenvalue weighted by molar-refractivity contribution is 0.417. The van der Waals surface area contributed by atoms with Crippen molar-refractivity contribution >= 4 is 34.7 Å². The van der Waals surface area contributed by atoms with Gasteiger partial charge in [-0.2, -0.15) is 4.98 Å². The van der Waals surface area contributed by atoms with Crippen LogP contribution in [0.2, 0.25) is 5.02 Å². The van der Waals surface area contributed by atoms with E-state index in [0.29, 0.717) is 16.8 Å². The number of ether oxygens (including phenoxy) is 1. The molecule has 0 fully saturated rings. The van der Waals surface area contributed by atoms with Crippen LogP contribution in [0.25, 0.3) is 0 Å². The molecular formula is C18H17ClN4O. The van der Waals surface area contributed by atoms with Gasteiger partial charge in [0.2, 0.25) is 5.95 Å². The number of nitrogens with zero attached hydrogens (tertiary/aromatic N) is 2. The van der Waals surface area contributed by atoms with Crippen LogP contribution >= 0.6 is 11.6 Å². The lowest BCUT2D eigenvalue weighted by Gasteiger charge is -2.12. The molecule has 6 heteroatoms. The van der Waals surface area contributed by atoms with Crippen LogP contribution in [0.3, 0.4) is 0 Å². The number of halogens is 1. The zero-order valence-corrected chi connectivity index (χ0v) is 14.1. The topological polar surface area (TPSA) is 59.1 Å². The quantitative estimate of drug-likeness (QED) is 0.689. The molecule has 122 valence electrons. The summed E-state index contributed by atoms with van der Waals surface area (Å²) in [6, 6.07) is 17.0. The third-order valence-corrected chi connectivity index (χ3v) is 3.54. The molecule has 0 aliphatic rings. The molecule has 1 aromatic heterocycles. The Kier molecular flexibility index (Phi) is 4.82. The summed E-state index contributed by atoms with van der Waals surface area (Å²) in [7, 11) is 1.63. The van der Waals surface area contributed by atoms with Gasteiger partial charge in [-0.15, -0.1) is 0 Å². The fourth-order valence-electron chi connectivity index (χ4n) is 2.27. The molecule has 1 heterocycles. The molecule has 0 saturated heterocycles. The molecule has 5 nitrogen and oxygen atoms in total. The molecule has 0 unspecified atom stereocenters. The molecule has 2 aromatic carbocycles. The Morgan fingerprint density at radius 1 is 0.958 bits per heavy atom. The van der Waals surface area contributed by atoms with Gasteiger partial charge in [0.1, 0.15) is 11.6 Å². The molecule has 0 atom stereocenters. The first-order chi connectivity index (χ1) is 11.6. The van der Waals surface area contributed by atoms with Crippen molar-refractivity contribution in [1.82, 2.24) is 9.97 Å². The Morgan fingerprint density at radius 3 is 2.58 bits per heavy atom. The smallest absolute Gasteiger partial charge is 0.229 e. The second-order valence-electron chi connectivity index (χ2n) is 5.18. The van der Waals surface area contributed by atoms with Gasteiger partial charge in [-0.05, 0) is 37.3 Å². The number of benzene rings is 2. The van der Waals surface area contributed by atoms with E-state index < -0.39 is 0 Å². The van der Waals surface area contributed by atoms with Crippen molar-refractivity contribution in [2.45, 2.75) is 6.92 Å². The molecule has 2 N–H and O–H groups in total. The first-order valence-corrected chi connectivity index (χ1v) is 7.80. The lowest BCUT2D eigenvalue weighted by atomic mass is 10.3. The maximum Gasteiger partial charge on any atom is 0.229 e. The van der Waals surface area contributed by atoms with E-state index in [4.69, 9.17) is 16.3 Å². The van der Waals surface area contributed by atoms with Crippen LogP contribution in [0.15, 0.2) is 54.6 Å². The summed E-state index contributed by atoms with van der Waals surface area (Å²) in [6.45, 7) is 1.91. The van der Waals surface area contributed by atoms with Crippen LogP contribution in [-0.4, -0.2) is 17.1 Å². The summed E-state index contributed by atoms with van der Waals surface area (Å²) in [4.78, 5) is 8.92. The lowest BCUT2D eigenvalue weighted by Crippen LogP contribution is -2.03. The van der Waals surface area contributed by atoms with Crippen molar-refractivity contribution in [3.8, 4) is 5.75 Å². The summed E-state index contributed by atoms with van der Waals surface area (Å²) in [5.74, 6) is 1.90. The Morgan fingerprint density at radius 2 is 1.79 bits per heavy atom. The largest absolute Gasteiger partial charge is 0.495 e. The van der Waals surface area contributed by atoms with Gasteiger partial charge in [0.05, 0.1) is 12.8 Å². The summed E-state index contributed by atoms with van der Waals surface area (Å²) >= 11 is 6.02. The van der Waals surface area contributed by atoms with Gasteiger partial charge < -0.3 is 15.4 Å². The standard InChI is InChI=1S/C18H17ClN4O/c1-12-10-17(21-14-7-5-6-13(19)11-14)23-18(20-12)22-15-8-3-4-9-16(15)24-2/h3-11H,1-2H3,(H2,20,21,22,23). The predicted molar refractivity (Wildman–Crippen MR) is 97.8 cm³/mol. The highest BCUT2D eigenvalue weighted by Gasteiger charge is 2.07. The molecule has 0 amide bonds. The number of aryl methyl sites for hydroxylation is 1. The number of hydrogen-bond donors (Lipinski definition) is 2. The van der Waals surface area contributed by atoms with E-state index in [1.54, 1.807) is 7.11 Å². The third-order valence-electron chi connectivity index (χ3n) is 3.30. The molecule has 0 spiro atoms. The number of methoxy groups -OCH3 is 1. The SMILES string of the molecule is COc1ccccc1Nc1nc(C)cc(Nc2cccc(Cl)c2)n1. The molecule has 0 bridgehead atoms. The minimum Gasteiger partial charge on any atom is -0.495 e. The van der Waals surface area contributed by atoms with Gasteiger partial charge in [-0.3, -0.25) is 0 Å². The molecule has 24 heavy (non-hydrogen) atoms. The first-order valence-electron chi connectivity index (χ1n) is 7.42. The molecule has 3 rings (SSSR count). The summed E-state index contributed by atoms with van der Waals surface area (Å²) in [6.07, 6.45) is 0. The summed E-state index contributed by atoms with van der Waals surface area (Å²) < 4.78 is 5.34. The normalized spacial score (nSPS) is 10.3. The molecule has 0 saturated carbocycles. The van der Waals surface area contributed by atoms with Crippen molar-refractivity contribution in [3.63, 3.8) is 0 Å². The van der Waals surface area contributed by atoms with Crippen LogP contribution in [0, 0.1) is 6.92 Å². The first kappa shape index (κ1) is 16.1. The molecular weight excluding hydrogens is 324 g/mol. The van der Waals surface area contributed by atoms with Crippen molar-refractivity contribution in [2.75, 3.05) is 17.7 Å². The Balaban J connectivity index is 1.86. The van der Waals surface area contributed by atoms with Gasteiger partial charge in [0.25, 0.3) is 0 Å². The maximum atomic E-state index is 6.02. The minimum absolute atomic E-state index is 0.490. The Bertz CT molecular complexity index is 854. The van der Waals surface area contributed by atoms with E-state index in [-0.39, 0.29) is 0 Å². The highest BCUT2D eigenvalue weighted by atomic mass is 35.5. The van der Waals surface area contributed by atoms with E-state index in [2.05, 4.69) is 20.6 Å². The van der Waals surface area contributed by atoms with E-state index in [0.717, 1.165) is 22.8 Å². The highest BCUT2D eigenvalue weighted by Crippen LogP contribution is 2.26. The molecule has 3 aromatic rings. The van der Waals surface area contributed by atoms with Crippen LogP contribution < -0.4 is 15.4 Å². The highest BCUT2D eigenvalue weighted by molar-refractivity contribution is 6.30. The van der Waals surface area contributed by atoms with Gasteiger partial charge in [0.15, 0.2) is 0 Å². The van der Waals surface area contributed by atoms with Crippen LogP contribution in [0.1, 0.15) is 5.69 Å². The Hall–Kier alpha value is -2.79. The zero-order chi connectivity index (χ0) is 16.9. The second-order valence-corrected chi connectivity index (χ2v) is 5.62. The average molecular weight is 341 g/mol. The minimum atomic E-state index is 0.490. The number of hydrogen-bond acceptors (Lipinski definition) is 5. The molecule has 0 radical (unpaired) electrons. The van der Waals surface area contributed by atoms with E-state index in [1.807, 2.05) is 61.5 Å². The van der Waals surface area contributed by atoms with Crippen molar-refractivity contribution in [2.24, 2.45) is 0 Å². The summed E-state index contributed by atoms with van der Waals surface area (Å²) in [5, 5.41) is 7.09. The third kappa shape index (κ3) is 3.94. The zero-order valence-electron chi connectivity index (χ0n) is 13.4. The van der Waals surface area contributed by atoms with Gasteiger partial charge in [-0.25, -0.2) is 4.98 Å². The van der Waals surface area contributed by atoms with Crippen LogP contribution in [0.5, 0.6) is 5.75 Å². The second kappa shape index (κ2) is 7.19. The fourth-order valence-corrected chi connectivity index (χ4v) is 2.46. The van der Waals surface area contributed by atoms with E-state index in [1.165, 1.54) is 0 Å². The van der Waals surface area contributed by atoms with Gasteiger partial charge in [0, 0.05) is 22.5 Å². The van der Waals surface area contributed by atoms with E-state index >= 15 is 0 Å². The van der Waals surface area contributed by atoms with Crippen molar-refractivity contribution in [3.05, 3.63) is 65.3 Å². The number of rotatable bonds is 5. The van der Waals surface area contributed by atoms with Gasteiger partial charge >= 0.3 is 0 Å². The van der Waals surface area contributed by atoms with Gasteiger partial charge in [-0.1, -0.05) is 29.8 Å². The number of nitrogens with one attached hydrogen (secondary N) is 2. The number of aromatic nitrogens is 2. The van der Waals surface area contributed by atoms with Crippen LogP contribution in [0.4, 0.5) is 23.1 Å². The predicted octanol–water partition coefficient (Wildman–Crippen LogP) is 4.93. The van der Waals surface area contributed by atoms with Crippen molar-refractivity contribution < 1.29 is 4.74 Å². The molecule has 0 aliphatic heterocycles. The monoisotopic (exact) mass is 340 g/mol. The maximum absolute atomic E-state index is 6.02. The van der Waals surface area contributed by atoms with Crippen LogP contribution in [-0.2, 0) is 0 Å². The average Bonchev–Trinajstić information content (AvgIpc) is 2.55. The number of para-hydroxylation sites is 2.